The Morgan fingerprint density at radius 1 is 1.64 bits per heavy atom. The van der Waals surface area contributed by atoms with Crippen molar-refractivity contribution in [1.29, 1.82) is 0 Å². The van der Waals surface area contributed by atoms with Crippen LogP contribution in [0.15, 0.2) is 0 Å². The van der Waals surface area contributed by atoms with E-state index in [4.69, 9.17) is 6.42 Å². The normalized spacial score (nSPS) is 24.2. The van der Waals surface area contributed by atoms with E-state index in [1.807, 2.05) is 0 Å². The Balaban J connectivity index is 2.41. The highest BCUT2D eigenvalue weighted by Crippen LogP contribution is 2.42. The third kappa shape index (κ3) is 2.51. The van der Waals surface area contributed by atoms with Crippen molar-refractivity contribution in [2.75, 3.05) is 6.54 Å². The zero-order valence-corrected chi connectivity index (χ0v) is 9.10. The number of nitrogens with one attached hydrogen (secondary N) is 1. The molecule has 1 N–H and O–H groups in total. The number of carbonyl (C=O) groups is 1. The molecule has 1 aliphatic rings. The van der Waals surface area contributed by atoms with Gasteiger partial charge in [-0.05, 0) is 18.3 Å². The third-order valence-corrected chi connectivity index (χ3v) is 3.14. The fourth-order valence-electron chi connectivity index (χ4n) is 2.19. The molecular formula is C12H19NO. The lowest BCUT2D eigenvalue weighted by Crippen LogP contribution is -2.36. The van der Waals surface area contributed by atoms with Gasteiger partial charge in [0.05, 0.1) is 0 Å². The molecule has 14 heavy (non-hydrogen) atoms. The zero-order valence-electron chi connectivity index (χ0n) is 9.10. The molecule has 1 amide bonds. The van der Waals surface area contributed by atoms with Gasteiger partial charge in [-0.1, -0.05) is 20.3 Å². The summed E-state index contributed by atoms with van der Waals surface area (Å²) in [5, 5.41) is 2.90. The van der Waals surface area contributed by atoms with Gasteiger partial charge >= 0.3 is 0 Å². The summed E-state index contributed by atoms with van der Waals surface area (Å²) in [4.78, 5) is 11.8. The minimum atomic E-state index is 0.167. The topological polar surface area (TPSA) is 29.1 Å². The quantitative estimate of drug-likeness (QED) is 0.538. The van der Waals surface area contributed by atoms with Crippen LogP contribution in [0.25, 0.3) is 0 Å². The molecule has 0 aromatic carbocycles. The van der Waals surface area contributed by atoms with E-state index in [0.29, 0.717) is 13.0 Å². The second-order valence-electron chi connectivity index (χ2n) is 4.68. The van der Waals surface area contributed by atoms with Crippen molar-refractivity contribution in [3.63, 3.8) is 0 Å². The smallest absolute Gasteiger partial charge is 0.223 e. The third-order valence-electron chi connectivity index (χ3n) is 3.14. The Labute approximate surface area is 86.5 Å². The molecule has 0 saturated heterocycles. The predicted octanol–water partition coefficient (Wildman–Crippen LogP) is 1.95. The molecule has 0 aromatic heterocycles. The first kappa shape index (κ1) is 11.1. The van der Waals surface area contributed by atoms with Gasteiger partial charge < -0.3 is 5.32 Å². The molecule has 1 fully saturated rings. The van der Waals surface area contributed by atoms with Gasteiger partial charge in [0.1, 0.15) is 0 Å². The molecule has 1 saturated carbocycles. The van der Waals surface area contributed by atoms with E-state index in [1.54, 1.807) is 0 Å². The van der Waals surface area contributed by atoms with Gasteiger partial charge in [-0.3, -0.25) is 4.79 Å². The lowest BCUT2D eigenvalue weighted by Gasteiger charge is -2.25. The van der Waals surface area contributed by atoms with Crippen molar-refractivity contribution in [3.8, 4) is 12.3 Å². The van der Waals surface area contributed by atoms with Crippen LogP contribution in [0.4, 0.5) is 0 Å². The first-order valence-corrected chi connectivity index (χ1v) is 5.29. The fourth-order valence-corrected chi connectivity index (χ4v) is 2.19. The molecule has 2 heteroatoms. The van der Waals surface area contributed by atoms with Gasteiger partial charge in [-0.15, -0.1) is 12.3 Å². The molecule has 0 heterocycles. The molecule has 0 bridgehead atoms. The van der Waals surface area contributed by atoms with Gasteiger partial charge in [-0.2, -0.15) is 0 Å². The second-order valence-corrected chi connectivity index (χ2v) is 4.68. The minimum Gasteiger partial charge on any atom is -0.355 e. The van der Waals surface area contributed by atoms with Crippen LogP contribution < -0.4 is 5.32 Å². The zero-order chi connectivity index (χ0) is 10.6. The van der Waals surface area contributed by atoms with Gasteiger partial charge in [0.2, 0.25) is 5.91 Å². The summed E-state index contributed by atoms with van der Waals surface area (Å²) in [6, 6.07) is 0. The van der Waals surface area contributed by atoms with E-state index in [-0.39, 0.29) is 17.2 Å². The van der Waals surface area contributed by atoms with E-state index in [1.165, 1.54) is 6.42 Å². The molecule has 1 atom stereocenters. The van der Waals surface area contributed by atoms with E-state index in [9.17, 15) is 4.79 Å². The van der Waals surface area contributed by atoms with Crippen LogP contribution >= 0.6 is 0 Å². The number of rotatable bonds is 3. The van der Waals surface area contributed by atoms with E-state index < -0.39 is 0 Å². The summed E-state index contributed by atoms with van der Waals surface area (Å²) < 4.78 is 0. The Morgan fingerprint density at radius 3 is 2.86 bits per heavy atom. The monoisotopic (exact) mass is 193 g/mol. The molecule has 78 valence electrons. The lowest BCUT2D eigenvalue weighted by molar-refractivity contribution is -0.127. The molecule has 0 aliphatic heterocycles. The van der Waals surface area contributed by atoms with Crippen LogP contribution in [0, 0.1) is 23.7 Å². The van der Waals surface area contributed by atoms with Crippen molar-refractivity contribution in [1.82, 2.24) is 5.32 Å². The Bertz CT molecular complexity index is 250. The summed E-state index contributed by atoms with van der Waals surface area (Å²) in [5.41, 5.74) is 0.167. The van der Waals surface area contributed by atoms with Crippen molar-refractivity contribution >= 4 is 5.91 Å². The van der Waals surface area contributed by atoms with Crippen molar-refractivity contribution in [2.45, 2.75) is 39.5 Å². The number of hydrogen-bond donors (Lipinski definition) is 1. The van der Waals surface area contributed by atoms with Crippen LogP contribution in [0.3, 0.4) is 0 Å². The standard InChI is InChI=1S/C12H19NO/c1-4-5-9-13-11(14)10-7-6-8-12(10,2)3/h1,10H,5-9H2,2-3H3,(H,13,14). The number of terminal acetylenes is 1. The highest BCUT2D eigenvalue weighted by Gasteiger charge is 2.38. The van der Waals surface area contributed by atoms with E-state index >= 15 is 0 Å². The molecule has 0 radical (unpaired) electrons. The first-order valence-electron chi connectivity index (χ1n) is 5.29. The van der Waals surface area contributed by atoms with Crippen LogP contribution in [0.5, 0.6) is 0 Å². The SMILES string of the molecule is C#CCCNC(=O)C1CCCC1(C)C. The second kappa shape index (κ2) is 4.50. The number of hydrogen-bond acceptors (Lipinski definition) is 1. The van der Waals surface area contributed by atoms with Gasteiger partial charge in [0, 0.05) is 18.9 Å². The Kier molecular flexibility index (Phi) is 3.57. The summed E-state index contributed by atoms with van der Waals surface area (Å²) in [6.07, 6.45) is 9.09. The molecule has 1 aliphatic carbocycles. The van der Waals surface area contributed by atoms with Gasteiger partial charge in [0.15, 0.2) is 0 Å². The molecule has 1 unspecified atom stereocenters. The van der Waals surface area contributed by atoms with Gasteiger partial charge in [0.25, 0.3) is 0 Å². The summed E-state index contributed by atoms with van der Waals surface area (Å²) >= 11 is 0. The van der Waals surface area contributed by atoms with Crippen LogP contribution in [-0.2, 0) is 4.79 Å². The molecular weight excluding hydrogens is 174 g/mol. The Hall–Kier alpha value is -0.970. The average molecular weight is 193 g/mol. The molecule has 1 rings (SSSR count). The highest BCUT2D eigenvalue weighted by molar-refractivity contribution is 5.79. The Morgan fingerprint density at radius 2 is 2.36 bits per heavy atom. The predicted molar refractivity (Wildman–Crippen MR) is 57.6 cm³/mol. The van der Waals surface area contributed by atoms with Crippen molar-refractivity contribution < 1.29 is 4.79 Å². The highest BCUT2D eigenvalue weighted by atomic mass is 16.1. The van der Waals surface area contributed by atoms with Crippen LogP contribution in [0.2, 0.25) is 0 Å². The molecule has 0 spiro atoms. The average Bonchev–Trinajstić information content (AvgIpc) is 2.45. The first-order chi connectivity index (χ1) is 6.58. The fraction of sp³-hybridized carbons (Fsp3) is 0.750. The van der Waals surface area contributed by atoms with Crippen molar-refractivity contribution in [2.24, 2.45) is 11.3 Å². The van der Waals surface area contributed by atoms with E-state index in [2.05, 4.69) is 25.1 Å². The number of amides is 1. The summed E-state index contributed by atoms with van der Waals surface area (Å²) in [6.45, 7) is 4.96. The summed E-state index contributed by atoms with van der Waals surface area (Å²) in [5.74, 6) is 2.88. The maximum absolute atomic E-state index is 11.8. The maximum Gasteiger partial charge on any atom is 0.223 e. The van der Waals surface area contributed by atoms with Crippen LogP contribution in [0.1, 0.15) is 39.5 Å². The summed E-state index contributed by atoms with van der Waals surface area (Å²) in [7, 11) is 0. The molecule has 2 nitrogen and oxygen atoms in total. The van der Waals surface area contributed by atoms with Crippen LogP contribution in [-0.4, -0.2) is 12.5 Å². The molecule has 0 aromatic rings. The van der Waals surface area contributed by atoms with E-state index in [0.717, 1.165) is 12.8 Å². The van der Waals surface area contributed by atoms with Crippen molar-refractivity contribution in [3.05, 3.63) is 0 Å². The maximum atomic E-state index is 11.8. The minimum absolute atomic E-state index is 0.167. The number of carbonyl (C=O) groups excluding carboxylic acids is 1. The van der Waals surface area contributed by atoms with Gasteiger partial charge in [-0.25, -0.2) is 0 Å². The largest absolute Gasteiger partial charge is 0.355 e. The lowest BCUT2D eigenvalue weighted by atomic mass is 9.81.